The monoisotopic (exact) mass is 498 g/mol. The zero-order chi connectivity index (χ0) is 26.7. The van der Waals surface area contributed by atoms with Crippen LogP contribution in [0.5, 0.6) is 5.88 Å². The summed E-state index contributed by atoms with van der Waals surface area (Å²) in [6, 6.07) is 15.2. The normalized spacial score (nSPS) is 13.7. The van der Waals surface area contributed by atoms with Gasteiger partial charge >= 0.3 is 0 Å². The van der Waals surface area contributed by atoms with E-state index in [1.807, 2.05) is 51.1 Å². The van der Waals surface area contributed by atoms with Gasteiger partial charge in [0.2, 0.25) is 5.88 Å². The van der Waals surface area contributed by atoms with Crippen molar-refractivity contribution in [3.63, 3.8) is 0 Å². The van der Waals surface area contributed by atoms with Crippen molar-refractivity contribution >= 4 is 5.91 Å². The van der Waals surface area contributed by atoms with Crippen LogP contribution in [0.1, 0.15) is 61.4 Å². The second kappa shape index (κ2) is 10.7. The number of hydrogen-bond donors (Lipinski definition) is 1. The average Bonchev–Trinajstić information content (AvgIpc) is 2.77. The van der Waals surface area contributed by atoms with Gasteiger partial charge in [0.05, 0.1) is 0 Å². The second-order valence-corrected chi connectivity index (χ2v) is 10.0. The maximum absolute atomic E-state index is 14.3. The van der Waals surface area contributed by atoms with Crippen LogP contribution in [-0.4, -0.2) is 22.5 Å². The minimum atomic E-state index is -3.02. The van der Waals surface area contributed by atoms with E-state index in [4.69, 9.17) is 4.74 Å². The Balaban J connectivity index is 1.79. The molecule has 0 aliphatic carbocycles. The Bertz CT molecular complexity index is 1170. The van der Waals surface area contributed by atoms with E-state index in [9.17, 15) is 18.0 Å². The lowest BCUT2D eigenvalue weighted by atomic mass is 9.85. The van der Waals surface area contributed by atoms with Crippen LogP contribution >= 0.6 is 0 Å². The van der Waals surface area contributed by atoms with Gasteiger partial charge in [0, 0.05) is 36.7 Å². The summed E-state index contributed by atoms with van der Waals surface area (Å²) in [7, 11) is 0. The molecule has 4 nitrogen and oxygen atoms in total. The van der Waals surface area contributed by atoms with Crippen LogP contribution in [0.3, 0.4) is 0 Å². The van der Waals surface area contributed by atoms with Gasteiger partial charge in [-0.2, -0.15) is 0 Å². The van der Waals surface area contributed by atoms with Crippen LogP contribution in [0.15, 0.2) is 60.8 Å². The molecular formula is C29H33F3N2O2. The summed E-state index contributed by atoms with van der Waals surface area (Å²) in [6.45, 7) is 9.68. The Kier molecular flexibility index (Phi) is 8.12. The number of carbonyl (C=O) groups is 1. The molecule has 1 aromatic heterocycles. The summed E-state index contributed by atoms with van der Waals surface area (Å²) in [6.07, 6.45) is 1.63. The Morgan fingerprint density at radius 2 is 1.67 bits per heavy atom. The van der Waals surface area contributed by atoms with Crippen molar-refractivity contribution in [2.24, 2.45) is 0 Å². The number of nitrogens with one attached hydrogen (secondary N) is 1. The Morgan fingerprint density at radius 1 is 1.00 bits per heavy atom. The third kappa shape index (κ3) is 7.09. The van der Waals surface area contributed by atoms with Gasteiger partial charge in [-0.3, -0.25) is 4.79 Å². The van der Waals surface area contributed by atoms with E-state index in [0.29, 0.717) is 6.42 Å². The standard InChI is InChI=1S/C29H33F3N2O2/c1-18-7-9-21(10-8-18)15-25(22-13-19(2)14-24(30)16-22)20(3)34-27(35)28(4,5)36-26-12-11-23(17-33-26)29(6,31)32/h7-14,16-17,20,25H,15H2,1-6H3,(H,34,35). The fraction of sp³-hybridized carbons (Fsp3) is 0.379. The van der Waals surface area contributed by atoms with Crippen molar-refractivity contribution < 1.29 is 22.7 Å². The summed E-state index contributed by atoms with van der Waals surface area (Å²) in [5, 5.41) is 3.01. The average molecular weight is 499 g/mol. The first-order valence-electron chi connectivity index (χ1n) is 11.9. The van der Waals surface area contributed by atoms with E-state index in [2.05, 4.69) is 10.3 Å². The van der Waals surface area contributed by atoms with E-state index in [-0.39, 0.29) is 29.2 Å². The SMILES string of the molecule is Cc1ccc(CC(c2cc(C)cc(F)c2)C(C)NC(=O)C(C)(C)Oc2ccc(C(C)(F)F)cn2)cc1. The predicted octanol–water partition coefficient (Wildman–Crippen LogP) is 6.64. The zero-order valence-corrected chi connectivity index (χ0v) is 21.5. The summed E-state index contributed by atoms with van der Waals surface area (Å²) in [5.41, 5.74) is 2.23. The van der Waals surface area contributed by atoms with Gasteiger partial charge in [0.25, 0.3) is 11.8 Å². The second-order valence-electron chi connectivity index (χ2n) is 10.0. The number of halogens is 3. The largest absolute Gasteiger partial charge is 0.462 e. The quantitative estimate of drug-likeness (QED) is 0.360. The van der Waals surface area contributed by atoms with Crippen molar-refractivity contribution in [1.82, 2.24) is 10.3 Å². The molecule has 0 saturated carbocycles. The first-order chi connectivity index (χ1) is 16.7. The highest BCUT2D eigenvalue weighted by molar-refractivity contribution is 5.85. The molecule has 1 heterocycles. The number of benzene rings is 2. The first kappa shape index (κ1) is 27.2. The highest BCUT2D eigenvalue weighted by Crippen LogP contribution is 2.29. The molecule has 7 heteroatoms. The van der Waals surface area contributed by atoms with E-state index in [0.717, 1.165) is 35.4 Å². The van der Waals surface area contributed by atoms with Gasteiger partial charge in [-0.05, 0) is 75.9 Å². The molecule has 3 rings (SSSR count). The van der Waals surface area contributed by atoms with Gasteiger partial charge in [0.1, 0.15) is 5.82 Å². The third-order valence-corrected chi connectivity index (χ3v) is 6.18. The Labute approximate surface area is 210 Å². The van der Waals surface area contributed by atoms with E-state index < -0.39 is 17.4 Å². The fourth-order valence-corrected chi connectivity index (χ4v) is 4.03. The number of alkyl halides is 2. The number of hydrogen-bond acceptors (Lipinski definition) is 3. The number of aryl methyl sites for hydroxylation is 2. The van der Waals surface area contributed by atoms with Crippen LogP contribution in [-0.2, 0) is 17.1 Å². The van der Waals surface area contributed by atoms with Crippen LogP contribution in [0.2, 0.25) is 0 Å². The molecule has 2 aromatic carbocycles. The number of rotatable bonds is 9. The summed E-state index contributed by atoms with van der Waals surface area (Å²) >= 11 is 0. The smallest absolute Gasteiger partial charge is 0.272 e. The maximum atomic E-state index is 14.3. The van der Waals surface area contributed by atoms with Gasteiger partial charge in [-0.25, -0.2) is 18.2 Å². The summed E-state index contributed by atoms with van der Waals surface area (Å²) < 4.78 is 47.0. The van der Waals surface area contributed by atoms with Crippen LogP contribution in [0, 0.1) is 19.7 Å². The first-order valence-corrected chi connectivity index (χ1v) is 11.9. The minimum Gasteiger partial charge on any atom is -0.462 e. The van der Waals surface area contributed by atoms with E-state index >= 15 is 0 Å². The van der Waals surface area contributed by atoms with Crippen molar-refractivity contribution in [2.75, 3.05) is 0 Å². The molecule has 0 fully saturated rings. The van der Waals surface area contributed by atoms with Gasteiger partial charge in [0.15, 0.2) is 5.60 Å². The molecule has 36 heavy (non-hydrogen) atoms. The van der Waals surface area contributed by atoms with Gasteiger partial charge < -0.3 is 10.1 Å². The lowest BCUT2D eigenvalue weighted by Crippen LogP contribution is -2.51. The van der Waals surface area contributed by atoms with Gasteiger partial charge in [-0.1, -0.05) is 35.9 Å². The molecule has 0 aliphatic heterocycles. The fourth-order valence-electron chi connectivity index (χ4n) is 4.03. The van der Waals surface area contributed by atoms with E-state index in [1.165, 1.54) is 24.3 Å². The van der Waals surface area contributed by atoms with Crippen molar-refractivity contribution in [1.29, 1.82) is 0 Å². The molecule has 0 spiro atoms. The predicted molar refractivity (Wildman–Crippen MR) is 135 cm³/mol. The molecule has 0 radical (unpaired) electrons. The zero-order valence-electron chi connectivity index (χ0n) is 21.5. The third-order valence-electron chi connectivity index (χ3n) is 6.18. The van der Waals surface area contributed by atoms with Crippen LogP contribution in [0.25, 0.3) is 0 Å². The van der Waals surface area contributed by atoms with Crippen molar-refractivity contribution in [3.05, 3.63) is 94.4 Å². The molecule has 0 saturated heterocycles. The molecule has 2 atom stereocenters. The molecule has 1 N–H and O–H groups in total. The summed E-state index contributed by atoms with van der Waals surface area (Å²) in [5.74, 6) is -3.88. The Morgan fingerprint density at radius 3 is 2.22 bits per heavy atom. The van der Waals surface area contributed by atoms with Crippen molar-refractivity contribution in [2.45, 2.75) is 71.4 Å². The molecule has 1 amide bonds. The topological polar surface area (TPSA) is 51.2 Å². The number of carbonyl (C=O) groups excluding carboxylic acids is 1. The van der Waals surface area contributed by atoms with Crippen LogP contribution < -0.4 is 10.1 Å². The number of pyridine rings is 1. The lowest BCUT2D eigenvalue weighted by molar-refractivity contribution is -0.135. The van der Waals surface area contributed by atoms with Crippen LogP contribution in [0.4, 0.5) is 13.2 Å². The molecule has 3 aromatic rings. The molecule has 2 unspecified atom stereocenters. The maximum Gasteiger partial charge on any atom is 0.272 e. The molecular weight excluding hydrogens is 465 g/mol. The molecule has 0 bridgehead atoms. The number of ether oxygens (including phenoxy) is 1. The van der Waals surface area contributed by atoms with Crippen molar-refractivity contribution in [3.8, 4) is 5.88 Å². The highest BCUT2D eigenvalue weighted by Gasteiger charge is 2.34. The lowest BCUT2D eigenvalue weighted by Gasteiger charge is -2.31. The number of amides is 1. The molecule has 0 aliphatic rings. The Hall–Kier alpha value is -3.35. The van der Waals surface area contributed by atoms with E-state index in [1.54, 1.807) is 13.8 Å². The summed E-state index contributed by atoms with van der Waals surface area (Å²) in [4.78, 5) is 17.1. The van der Waals surface area contributed by atoms with Gasteiger partial charge in [-0.15, -0.1) is 0 Å². The minimum absolute atomic E-state index is 0.0627. The molecule has 192 valence electrons. The number of nitrogens with zero attached hydrogens (tertiary/aromatic N) is 1. The number of aromatic nitrogens is 1. The highest BCUT2D eigenvalue weighted by atomic mass is 19.3.